The third kappa shape index (κ3) is 3.71. The quantitative estimate of drug-likeness (QED) is 0.849. The fourth-order valence-corrected chi connectivity index (χ4v) is 1.85. The van der Waals surface area contributed by atoms with Crippen LogP contribution in [0.15, 0.2) is 42.5 Å². The highest BCUT2D eigenvalue weighted by Crippen LogP contribution is 2.21. The molecular weight excluding hydrogens is 257 g/mol. The number of anilines is 1. The molecule has 0 unspecified atom stereocenters. The van der Waals surface area contributed by atoms with Gasteiger partial charge >= 0.3 is 0 Å². The van der Waals surface area contributed by atoms with Crippen molar-refractivity contribution in [2.75, 3.05) is 11.9 Å². The monoisotopic (exact) mass is 275 g/mol. The van der Waals surface area contributed by atoms with E-state index < -0.39 is 0 Å². The molecule has 2 aromatic rings. The summed E-state index contributed by atoms with van der Waals surface area (Å²) in [5.74, 6) is -0.0992. The lowest BCUT2D eigenvalue weighted by Crippen LogP contribution is -2.01. The molecule has 0 atom stereocenters. The van der Waals surface area contributed by atoms with Crippen molar-refractivity contribution >= 4 is 5.69 Å². The van der Waals surface area contributed by atoms with Crippen molar-refractivity contribution in [3.63, 3.8) is 0 Å². The van der Waals surface area contributed by atoms with Crippen LogP contribution in [0.4, 0.5) is 10.1 Å². The van der Waals surface area contributed by atoms with Crippen LogP contribution in [0.1, 0.15) is 18.1 Å². The molecule has 0 saturated carbocycles. The van der Waals surface area contributed by atoms with Crippen LogP contribution in [-0.2, 0) is 13.2 Å². The second-order valence-electron chi connectivity index (χ2n) is 4.41. The average molecular weight is 275 g/mol. The molecule has 4 heteroatoms. The summed E-state index contributed by atoms with van der Waals surface area (Å²) in [6.45, 7) is 2.90. The topological polar surface area (TPSA) is 41.5 Å². The molecule has 3 nitrogen and oxygen atoms in total. The van der Waals surface area contributed by atoms with Gasteiger partial charge in [0.1, 0.15) is 0 Å². The van der Waals surface area contributed by atoms with E-state index in [2.05, 4.69) is 5.32 Å². The summed E-state index contributed by atoms with van der Waals surface area (Å²) >= 11 is 0. The van der Waals surface area contributed by atoms with Crippen LogP contribution in [0.2, 0.25) is 0 Å². The number of rotatable bonds is 6. The van der Waals surface area contributed by atoms with E-state index in [0.717, 1.165) is 11.1 Å². The molecule has 0 aliphatic carbocycles. The van der Waals surface area contributed by atoms with Gasteiger partial charge in [0, 0.05) is 18.3 Å². The molecule has 0 aromatic heterocycles. The summed E-state index contributed by atoms with van der Waals surface area (Å²) in [6.07, 6.45) is 0. The number of aliphatic hydroxyl groups is 1. The number of ether oxygens (including phenoxy) is 1. The van der Waals surface area contributed by atoms with E-state index in [-0.39, 0.29) is 18.2 Å². The van der Waals surface area contributed by atoms with Crippen molar-refractivity contribution in [2.45, 2.75) is 20.1 Å². The third-order valence-electron chi connectivity index (χ3n) is 2.93. The highest BCUT2D eigenvalue weighted by molar-refractivity contribution is 5.47. The third-order valence-corrected chi connectivity index (χ3v) is 2.93. The molecule has 0 amide bonds. The van der Waals surface area contributed by atoms with E-state index in [9.17, 15) is 4.39 Å². The Labute approximate surface area is 118 Å². The predicted octanol–water partition coefficient (Wildman–Crippen LogP) is 3.33. The van der Waals surface area contributed by atoms with Crippen LogP contribution in [-0.4, -0.2) is 11.7 Å². The largest absolute Gasteiger partial charge is 0.491 e. The maximum absolute atomic E-state index is 13.7. The molecule has 0 heterocycles. The number of hydrogen-bond donors (Lipinski definition) is 2. The molecule has 0 radical (unpaired) electrons. The number of benzene rings is 2. The first-order valence-corrected chi connectivity index (χ1v) is 6.58. The second-order valence-corrected chi connectivity index (χ2v) is 4.41. The maximum atomic E-state index is 13.7. The van der Waals surface area contributed by atoms with Gasteiger partial charge < -0.3 is 15.2 Å². The SMILES string of the molecule is CCOc1ccc(NCc2ccc(CO)cc2)cc1F. The molecule has 0 fully saturated rings. The second kappa shape index (κ2) is 6.91. The van der Waals surface area contributed by atoms with E-state index in [1.807, 2.05) is 31.2 Å². The number of hydrogen-bond acceptors (Lipinski definition) is 3. The maximum Gasteiger partial charge on any atom is 0.167 e. The lowest BCUT2D eigenvalue weighted by Gasteiger charge is -2.09. The normalized spacial score (nSPS) is 10.3. The highest BCUT2D eigenvalue weighted by Gasteiger charge is 2.04. The summed E-state index contributed by atoms with van der Waals surface area (Å²) in [7, 11) is 0. The average Bonchev–Trinajstić information content (AvgIpc) is 2.48. The van der Waals surface area contributed by atoms with Crippen molar-refractivity contribution in [3.05, 3.63) is 59.4 Å². The molecule has 2 aromatic carbocycles. The number of nitrogens with one attached hydrogen (secondary N) is 1. The summed E-state index contributed by atoms with van der Waals surface area (Å²) in [6, 6.07) is 12.4. The van der Waals surface area contributed by atoms with E-state index >= 15 is 0 Å². The molecule has 0 aliphatic rings. The van der Waals surface area contributed by atoms with Gasteiger partial charge in [-0.05, 0) is 30.2 Å². The van der Waals surface area contributed by atoms with E-state index in [0.29, 0.717) is 18.8 Å². The highest BCUT2D eigenvalue weighted by atomic mass is 19.1. The smallest absolute Gasteiger partial charge is 0.167 e. The van der Waals surface area contributed by atoms with E-state index in [4.69, 9.17) is 9.84 Å². The Morgan fingerprint density at radius 3 is 2.40 bits per heavy atom. The number of halogens is 1. The fraction of sp³-hybridized carbons (Fsp3) is 0.250. The molecular formula is C16H18FNO2. The van der Waals surface area contributed by atoms with Crippen LogP contribution in [0.3, 0.4) is 0 Å². The molecule has 106 valence electrons. The van der Waals surface area contributed by atoms with Crippen molar-refractivity contribution in [2.24, 2.45) is 0 Å². The Bertz CT molecular complexity index is 555. The van der Waals surface area contributed by atoms with Gasteiger partial charge in [-0.3, -0.25) is 0 Å². The first kappa shape index (κ1) is 14.3. The standard InChI is InChI=1S/C16H18FNO2/c1-2-20-16-8-7-14(9-15(16)17)18-10-12-3-5-13(11-19)6-4-12/h3-9,18-19H,2,10-11H2,1H3. The van der Waals surface area contributed by atoms with E-state index in [1.54, 1.807) is 12.1 Å². The number of aliphatic hydroxyl groups excluding tert-OH is 1. The minimum absolute atomic E-state index is 0.0395. The van der Waals surface area contributed by atoms with Crippen molar-refractivity contribution < 1.29 is 14.2 Å². The van der Waals surface area contributed by atoms with E-state index in [1.165, 1.54) is 6.07 Å². The van der Waals surface area contributed by atoms with Gasteiger partial charge in [0.15, 0.2) is 11.6 Å². The Kier molecular flexibility index (Phi) is 4.96. The molecule has 0 saturated heterocycles. The summed E-state index contributed by atoms with van der Waals surface area (Å²) in [4.78, 5) is 0. The lowest BCUT2D eigenvalue weighted by molar-refractivity contribution is 0.282. The van der Waals surface area contributed by atoms with Gasteiger partial charge in [0.25, 0.3) is 0 Å². The van der Waals surface area contributed by atoms with Crippen LogP contribution < -0.4 is 10.1 Å². The van der Waals surface area contributed by atoms with Gasteiger partial charge in [-0.1, -0.05) is 24.3 Å². The zero-order chi connectivity index (χ0) is 14.4. The zero-order valence-corrected chi connectivity index (χ0v) is 11.4. The van der Waals surface area contributed by atoms with Gasteiger partial charge in [-0.25, -0.2) is 4.39 Å². The summed E-state index contributed by atoms with van der Waals surface area (Å²) in [5, 5.41) is 12.1. The van der Waals surface area contributed by atoms with Gasteiger partial charge in [-0.15, -0.1) is 0 Å². The molecule has 2 N–H and O–H groups in total. The Morgan fingerprint density at radius 2 is 1.80 bits per heavy atom. The first-order valence-electron chi connectivity index (χ1n) is 6.58. The van der Waals surface area contributed by atoms with Gasteiger partial charge in [-0.2, -0.15) is 0 Å². The van der Waals surface area contributed by atoms with Gasteiger partial charge in [0.2, 0.25) is 0 Å². The minimum Gasteiger partial charge on any atom is -0.491 e. The Hall–Kier alpha value is -2.07. The lowest BCUT2D eigenvalue weighted by atomic mass is 10.1. The summed E-state index contributed by atoms with van der Waals surface area (Å²) in [5.41, 5.74) is 2.65. The Balaban J connectivity index is 1.97. The van der Waals surface area contributed by atoms with Gasteiger partial charge in [0.05, 0.1) is 13.2 Å². The van der Waals surface area contributed by atoms with Crippen molar-refractivity contribution in [1.82, 2.24) is 0 Å². The molecule has 2 rings (SSSR count). The van der Waals surface area contributed by atoms with Crippen LogP contribution >= 0.6 is 0 Å². The molecule has 20 heavy (non-hydrogen) atoms. The predicted molar refractivity (Wildman–Crippen MR) is 77.3 cm³/mol. The van der Waals surface area contributed by atoms with Crippen LogP contribution in [0.25, 0.3) is 0 Å². The van der Waals surface area contributed by atoms with Crippen molar-refractivity contribution in [1.29, 1.82) is 0 Å². The molecule has 0 aliphatic heterocycles. The van der Waals surface area contributed by atoms with Crippen molar-refractivity contribution in [3.8, 4) is 5.75 Å². The summed E-state index contributed by atoms with van der Waals surface area (Å²) < 4.78 is 18.8. The fourth-order valence-electron chi connectivity index (χ4n) is 1.85. The minimum atomic E-state index is -0.368. The van der Waals surface area contributed by atoms with Crippen LogP contribution in [0.5, 0.6) is 5.75 Å². The molecule has 0 bridgehead atoms. The first-order chi connectivity index (χ1) is 9.72. The Morgan fingerprint density at radius 1 is 1.10 bits per heavy atom. The molecule has 0 spiro atoms. The van der Waals surface area contributed by atoms with Crippen LogP contribution in [0, 0.1) is 5.82 Å². The zero-order valence-electron chi connectivity index (χ0n) is 11.4.